The average Bonchev–Trinajstić information content (AvgIpc) is 2.27. The number of hydrogen-bond donors (Lipinski definition) is 2. The van der Waals surface area contributed by atoms with Crippen molar-refractivity contribution in [2.24, 2.45) is 5.92 Å². The van der Waals surface area contributed by atoms with Crippen LogP contribution in [-0.2, 0) is 0 Å². The fourth-order valence-electron chi connectivity index (χ4n) is 1.12. The van der Waals surface area contributed by atoms with Gasteiger partial charge in [0.25, 0.3) is 0 Å². The Morgan fingerprint density at radius 3 is 2.81 bits per heavy atom. The van der Waals surface area contributed by atoms with E-state index in [9.17, 15) is 4.39 Å². The molecule has 0 aliphatic heterocycles. The van der Waals surface area contributed by atoms with Crippen molar-refractivity contribution in [1.29, 1.82) is 0 Å². The number of benzene rings is 1. The molecule has 1 atom stereocenters. The first kappa shape index (κ1) is 13.1. The van der Waals surface area contributed by atoms with Crippen LogP contribution in [0.3, 0.4) is 0 Å². The van der Waals surface area contributed by atoms with Gasteiger partial charge in [-0.3, -0.25) is 0 Å². The lowest BCUT2D eigenvalue weighted by Gasteiger charge is -2.10. The third kappa shape index (κ3) is 3.28. The highest BCUT2D eigenvalue weighted by atomic mass is 32.2. The van der Waals surface area contributed by atoms with E-state index < -0.39 is 0 Å². The first-order valence-corrected chi connectivity index (χ1v) is 5.93. The van der Waals surface area contributed by atoms with Gasteiger partial charge in [-0.05, 0) is 12.0 Å². The summed E-state index contributed by atoms with van der Waals surface area (Å²) in [5.74, 6) is 0.905. The zero-order valence-electron chi connectivity index (χ0n) is 9.37. The van der Waals surface area contributed by atoms with Crippen molar-refractivity contribution in [3.8, 4) is 5.75 Å². The van der Waals surface area contributed by atoms with Crippen LogP contribution in [0, 0.1) is 11.7 Å². The highest BCUT2D eigenvalue weighted by Crippen LogP contribution is 2.31. The SMILES string of the molecule is COc1cc(SCC(C)CO)c(F)cc1N. The Bertz CT molecular complexity index is 360. The lowest BCUT2D eigenvalue weighted by Crippen LogP contribution is -2.03. The summed E-state index contributed by atoms with van der Waals surface area (Å²) in [7, 11) is 1.49. The van der Waals surface area contributed by atoms with Gasteiger partial charge in [0.05, 0.1) is 12.8 Å². The van der Waals surface area contributed by atoms with Gasteiger partial charge in [0.15, 0.2) is 0 Å². The second-order valence-electron chi connectivity index (χ2n) is 3.62. The predicted molar refractivity (Wildman–Crippen MR) is 64.3 cm³/mol. The third-order valence-corrected chi connectivity index (χ3v) is 3.48. The number of ether oxygens (including phenoxy) is 1. The van der Waals surface area contributed by atoms with Crippen molar-refractivity contribution < 1.29 is 14.2 Å². The van der Waals surface area contributed by atoms with Crippen molar-refractivity contribution in [3.05, 3.63) is 17.9 Å². The van der Waals surface area contributed by atoms with Crippen molar-refractivity contribution in [2.45, 2.75) is 11.8 Å². The molecule has 90 valence electrons. The molecule has 0 amide bonds. The number of halogens is 1. The molecule has 1 aromatic rings. The van der Waals surface area contributed by atoms with Crippen LogP contribution >= 0.6 is 11.8 Å². The van der Waals surface area contributed by atoms with Gasteiger partial charge in [-0.25, -0.2) is 4.39 Å². The fourth-order valence-corrected chi connectivity index (χ4v) is 2.08. The van der Waals surface area contributed by atoms with E-state index in [1.807, 2.05) is 6.92 Å². The zero-order valence-corrected chi connectivity index (χ0v) is 10.2. The highest BCUT2D eigenvalue weighted by molar-refractivity contribution is 7.99. The largest absolute Gasteiger partial charge is 0.495 e. The van der Waals surface area contributed by atoms with E-state index in [1.54, 1.807) is 6.07 Å². The lowest BCUT2D eigenvalue weighted by atomic mass is 10.2. The molecule has 16 heavy (non-hydrogen) atoms. The van der Waals surface area contributed by atoms with Gasteiger partial charge in [0.2, 0.25) is 0 Å². The molecule has 0 spiro atoms. The van der Waals surface area contributed by atoms with Crippen LogP contribution < -0.4 is 10.5 Å². The number of anilines is 1. The molecule has 0 radical (unpaired) electrons. The topological polar surface area (TPSA) is 55.5 Å². The van der Waals surface area contributed by atoms with Gasteiger partial charge >= 0.3 is 0 Å². The highest BCUT2D eigenvalue weighted by Gasteiger charge is 2.10. The fraction of sp³-hybridized carbons (Fsp3) is 0.455. The Balaban J connectivity index is 2.79. The van der Waals surface area contributed by atoms with E-state index in [-0.39, 0.29) is 18.3 Å². The first-order chi connectivity index (χ1) is 7.58. The van der Waals surface area contributed by atoms with Gasteiger partial charge < -0.3 is 15.6 Å². The van der Waals surface area contributed by atoms with Gasteiger partial charge in [0.1, 0.15) is 11.6 Å². The predicted octanol–water partition coefficient (Wildman–Crippen LogP) is 2.14. The normalized spacial score (nSPS) is 12.5. The maximum absolute atomic E-state index is 13.5. The van der Waals surface area contributed by atoms with Crippen molar-refractivity contribution in [2.75, 3.05) is 25.2 Å². The van der Waals surface area contributed by atoms with Crippen molar-refractivity contribution in [3.63, 3.8) is 0 Å². The minimum Gasteiger partial charge on any atom is -0.495 e. The van der Waals surface area contributed by atoms with E-state index in [4.69, 9.17) is 15.6 Å². The molecule has 3 N–H and O–H groups in total. The Morgan fingerprint density at radius 1 is 1.56 bits per heavy atom. The van der Waals surface area contributed by atoms with E-state index >= 15 is 0 Å². The van der Waals surface area contributed by atoms with Crippen LogP contribution in [-0.4, -0.2) is 24.6 Å². The molecule has 3 nitrogen and oxygen atoms in total. The molecular formula is C11H16FNO2S. The molecular weight excluding hydrogens is 229 g/mol. The standard InChI is InChI=1S/C11H16FNO2S/c1-7(5-14)6-16-11-4-10(15-2)9(13)3-8(11)12/h3-4,7,14H,5-6,13H2,1-2H3. The molecule has 5 heteroatoms. The van der Waals surface area contributed by atoms with Gasteiger partial charge in [-0.15, -0.1) is 11.8 Å². The summed E-state index contributed by atoms with van der Waals surface area (Å²) < 4.78 is 18.5. The maximum Gasteiger partial charge on any atom is 0.143 e. The number of aliphatic hydroxyl groups is 1. The number of rotatable bonds is 5. The van der Waals surface area contributed by atoms with Crippen molar-refractivity contribution >= 4 is 17.4 Å². The Labute approximate surface area is 98.8 Å². The zero-order chi connectivity index (χ0) is 12.1. The number of nitrogens with two attached hydrogens (primary N) is 1. The second-order valence-corrected chi connectivity index (χ2v) is 4.69. The monoisotopic (exact) mass is 245 g/mol. The number of methoxy groups -OCH3 is 1. The van der Waals surface area contributed by atoms with E-state index in [0.29, 0.717) is 22.1 Å². The summed E-state index contributed by atoms with van der Waals surface area (Å²) in [6, 6.07) is 2.84. The molecule has 1 unspecified atom stereocenters. The molecule has 0 saturated heterocycles. The molecule has 0 heterocycles. The van der Waals surface area contributed by atoms with E-state index in [0.717, 1.165) is 0 Å². The van der Waals surface area contributed by atoms with Crippen LogP contribution in [0.15, 0.2) is 17.0 Å². The smallest absolute Gasteiger partial charge is 0.143 e. The maximum atomic E-state index is 13.5. The summed E-state index contributed by atoms with van der Waals surface area (Å²) in [4.78, 5) is 0.492. The summed E-state index contributed by atoms with van der Waals surface area (Å²) in [6.07, 6.45) is 0. The average molecular weight is 245 g/mol. The van der Waals surface area contributed by atoms with E-state index in [2.05, 4.69) is 0 Å². The first-order valence-electron chi connectivity index (χ1n) is 4.95. The molecule has 0 bridgehead atoms. The number of nitrogen functional groups attached to an aromatic ring is 1. The van der Waals surface area contributed by atoms with Crippen LogP contribution in [0.1, 0.15) is 6.92 Å². The quantitative estimate of drug-likeness (QED) is 0.616. The molecule has 1 aromatic carbocycles. The second kappa shape index (κ2) is 5.96. The van der Waals surface area contributed by atoms with Crippen LogP contribution in [0.4, 0.5) is 10.1 Å². The molecule has 0 saturated carbocycles. The van der Waals surface area contributed by atoms with Crippen LogP contribution in [0.2, 0.25) is 0 Å². The Kier molecular flexibility index (Phi) is 4.89. The van der Waals surface area contributed by atoms with Crippen LogP contribution in [0.25, 0.3) is 0 Å². The Morgan fingerprint density at radius 2 is 2.25 bits per heavy atom. The van der Waals surface area contributed by atoms with Gasteiger partial charge in [-0.2, -0.15) is 0 Å². The molecule has 0 aliphatic carbocycles. The summed E-state index contributed by atoms with van der Waals surface area (Å²) in [5, 5.41) is 8.88. The van der Waals surface area contributed by atoms with Gasteiger partial charge in [0, 0.05) is 23.3 Å². The number of aliphatic hydroxyl groups excluding tert-OH is 1. The minimum absolute atomic E-state index is 0.0979. The third-order valence-electron chi connectivity index (χ3n) is 2.12. The summed E-state index contributed by atoms with van der Waals surface area (Å²) in [6.45, 7) is 2.00. The minimum atomic E-state index is -0.353. The summed E-state index contributed by atoms with van der Waals surface area (Å²) in [5.41, 5.74) is 5.86. The van der Waals surface area contributed by atoms with E-state index in [1.165, 1.54) is 24.9 Å². The van der Waals surface area contributed by atoms with Gasteiger partial charge in [-0.1, -0.05) is 6.92 Å². The van der Waals surface area contributed by atoms with Crippen molar-refractivity contribution in [1.82, 2.24) is 0 Å². The molecule has 0 aliphatic rings. The molecule has 0 fully saturated rings. The molecule has 0 aromatic heterocycles. The molecule has 1 rings (SSSR count). The van der Waals surface area contributed by atoms with Crippen LogP contribution in [0.5, 0.6) is 5.75 Å². The summed E-state index contributed by atoms with van der Waals surface area (Å²) >= 11 is 1.35. The number of thioether (sulfide) groups is 1. The lowest BCUT2D eigenvalue weighted by molar-refractivity contribution is 0.250. The number of hydrogen-bond acceptors (Lipinski definition) is 4. The Hall–Kier alpha value is -0.940.